The Balaban J connectivity index is 1.50. The van der Waals surface area contributed by atoms with E-state index in [4.69, 9.17) is 4.98 Å². The van der Waals surface area contributed by atoms with E-state index in [0.29, 0.717) is 16.7 Å². The smallest absolute Gasteiger partial charge is 0.263 e. The summed E-state index contributed by atoms with van der Waals surface area (Å²) in [6.07, 6.45) is 3.87. The normalized spacial score (nSPS) is 14.0. The number of aryl methyl sites for hydroxylation is 2. The van der Waals surface area contributed by atoms with E-state index in [0.717, 1.165) is 46.1 Å². The first-order valence-electron chi connectivity index (χ1n) is 10.5. The highest BCUT2D eigenvalue weighted by atomic mass is 32.2. The van der Waals surface area contributed by atoms with Crippen LogP contribution in [0.5, 0.6) is 0 Å². The number of aliphatic hydroxyl groups is 1. The van der Waals surface area contributed by atoms with E-state index >= 15 is 0 Å². The van der Waals surface area contributed by atoms with Gasteiger partial charge in [-0.15, -0.1) is 22.7 Å². The van der Waals surface area contributed by atoms with Crippen molar-refractivity contribution in [1.29, 1.82) is 5.26 Å². The van der Waals surface area contributed by atoms with Crippen LogP contribution in [0.25, 0.3) is 26.0 Å². The first-order valence-corrected chi connectivity index (χ1v) is 13.1. The molecule has 1 aromatic carbocycles. The number of aromatic nitrogens is 3. The number of nitriles is 1. The molecule has 6 nitrogen and oxygen atoms in total. The number of thioether (sulfide) groups is 1. The maximum absolute atomic E-state index is 13.3. The molecule has 1 aliphatic carbocycles. The predicted octanol–water partition coefficient (Wildman–Crippen LogP) is 5.55. The van der Waals surface area contributed by atoms with Crippen LogP contribution in [0.15, 0.2) is 40.0 Å². The van der Waals surface area contributed by atoms with Gasteiger partial charge in [0.05, 0.1) is 21.4 Å². The summed E-state index contributed by atoms with van der Waals surface area (Å²) in [6, 6.07) is 9.75. The van der Waals surface area contributed by atoms with Gasteiger partial charge in [0.25, 0.3) is 5.56 Å². The Morgan fingerprint density at radius 3 is 2.91 bits per heavy atom. The fourth-order valence-corrected chi connectivity index (χ4v) is 7.20. The lowest BCUT2D eigenvalue weighted by molar-refractivity contribution is 0.420. The van der Waals surface area contributed by atoms with Crippen molar-refractivity contribution in [2.75, 3.05) is 5.75 Å². The lowest BCUT2D eigenvalue weighted by Crippen LogP contribution is -2.23. The van der Waals surface area contributed by atoms with Crippen LogP contribution in [0.2, 0.25) is 0 Å². The zero-order valence-corrected chi connectivity index (χ0v) is 19.9. The van der Waals surface area contributed by atoms with Crippen LogP contribution in [0.1, 0.15) is 35.2 Å². The Hall–Kier alpha value is -2.67. The van der Waals surface area contributed by atoms with Gasteiger partial charge in [-0.05, 0) is 43.4 Å². The average Bonchev–Trinajstić information content (AvgIpc) is 3.49. The van der Waals surface area contributed by atoms with Crippen molar-refractivity contribution in [2.24, 2.45) is 0 Å². The highest BCUT2D eigenvalue weighted by molar-refractivity contribution is 7.99. The van der Waals surface area contributed by atoms with Crippen molar-refractivity contribution in [3.05, 3.63) is 55.8 Å². The van der Waals surface area contributed by atoms with Crippen LogP contribution in [0, 0.1) is 11.3 Å². The molecule has 4 aromatic rings. The van der Waals surface area contributed by atoms with E-state index in [1.807, 2.05) is 31.2 Å². The quantitative estimate of drug-likeness (QED) is 0.168. The summed E-state index contributed by atoms with van der Waals surface area (Å²) in [4.78, 5) is 24.6. The van der Waals surface area contributed by atoms with E-state index in [2.05, 4.69) is 11.1 Å². The molecule has 1 N–H and O–H groups in total. The Bertz CT molecular complexity index is 1440. The molecule has 0 fully saturated rings. The summed E-state index contributed by atoms with van der Waals surface area (Å²) >= 11 is 4.28. The molecular weight excluding hydrogens is 460 g/mol. The molecular formula is C23H20N4O2S3. The van der Waals surface area contributed by atoms with Crippen LogP contribution in [-0.4, -0.2) is 25.4 Å². The summed E-state index contributed by atoms with van der Waals surface area (Å²) in [5.41, 5.74) is 2.15. The zero-order chi connectivity index (χ0) is 22.2. The topological polar surface area (TPSA) is 91.8 Å². The largest absolute Gasteiger partial charge is 0.510 e. The molecule has 0 amide bonds. The SMILES string of the molecule is CCCn1c(SC/C(O)=C(\C#N)c2nc3ccccc3s2)nc2sc3c(c2c1=O)CCC3. The number of aliphatic hydroxyl groups excluding tert-OH is 1. The molecule has 3 heterocycles. The van der Waals surface area contributed by atoms with Crippen molar-refractivity contribution in [3.8, 4) is 6.07 Å². The van der Waals surface area contributed by atoms with Gasteiger partial charge >= 0.3 is 0 Å². The minimum absolute atomic E-state index is 0.00824. The van der Waals surface area contributed by atoms with E-state index in [-0.39, 0.29) is 22.6 Å². The van der Waals surface area contributed by atoms with Crippen molar-refractivity contribution in [1.82, 2.24) is 14.5 Å². The maximum atomic E-state index is 13.3. The molecule has 0 aliphatic heterocycles. The van der Waals surface area contributed by atoms with Crippen molar-refractivity contribution >= 4 is 60.4 Å². The van der Waals surface area contributed by atoms with E-state index in [1.165, 1.54) is 33.5 Å². The number of fused-ring (bicyclic) bond motifs is 4. The lowest BCUT2D eigenvalue weighted by atomic mass is 10.2. The van der Waals surface area contributed by atoms with Crippen LogP contribution in [0.4, 0.5) is 0 Å². The Labute approximate surface area is 196 Å². The number of rotatable bonds is 6. The fourth-order valence-electron chi connectivity index (χ4n) is 4.01. The van der Waals surface area contributed by atoms with Crippen LogP contribution in [-0.2, 0) is 19.4 Å². The molecule has 0 radical (unpaired) electrons. The molecule has 0 spiro atoms. The first kappa shape index (κ1) is 21.2. The van der Waals surface area contributed by atoms with Gasteiger partial charge in [0.15, 0.2) is 5.16 Å². The first-order chi connectivity index (χ1) is 15.6. The number of thiazole rings is 1. The highest BCUT2D eigenvalue weighted by Crippen LogP contribution is 2.36. The molecule has 0 saturated heterocycles. The number of thiophene rings is 1. The minimum atomic E-state index is -0.0531. The van der Waals surface area contributed by atoms with Gasteiger partial charge in [-0.2, -0.15) is 5.26 Å². The molecule has 9 heteroatoms. The third-order valence-corrected chi connectivity index (χ3v) is 8.71. The fraction of sp³-hybridized carbons (Fsp3) is 0.304. The maximum Gasteiger partial charge on any atom is 0.263 e. The molecule has 0 bridgehead atoms. The minimum Gasteiger partial charge on any atom is -0.510 e. The Morgan fingerprint density at radius 2 is 2.12 bits per heavy atom. The van der Waals surface area contributed by atoms with Crippen LogP contribution >= 0.6 is 34.4 Å². The number of nitrogens with zero attached hydrogens (tertiary/aromatic N) is 4. The van der Waals surface area contributed by atoms with Gasteiger partial charge in [0, 0.05) is 11.4 Å². The second-order valence-electron chi connectivity index (χ2n) is 7.60. The molecule has 162 valence electrons. The summed E-state index contributed by atoms with van der Waals surface area (Å²) in [5.74, 6) is 0.0913. The molecule has 1 aliphatic rings. The van der Waals surface area contributed by atoms with E-state index < -0.39 is 0 Å². The summed E-state index contributed by atoms with van der Waals surface area (Å²) < 4.78 is 2.68. The van der Waals surface area contributed by atoms with Gasteiger partial charge in [-0.25, -0.2) is 9.97 Å². The van der Waals surface area contributed by atoms with E-state index in [1.54, 1.807) is 15.9 Å². The van der Waals surface area contributed by atoms with Crippen molar-refractivity contribution in [2.45, 2.75) is 44.3 Å². The predicted molar refractivity (Wildman–Crippen MR) is 132 cm³/mol. The Kier molecular flexibility index (Phi) is 5.76. The molecule has 32 heavy (non-hydrogen) atoms. The van der Waals surface area contributed by atoms with Crippen molar-refractivity contribution < 1.29 is 5.11 Å². The zero-order valence-electron chi connectivity index (χ0n) is 17.4. The molecule has 5 rings (SSSR count). The number of hydrogen-bond donors (Lipinski definition) is 1. The van der Waals surface area contributed by atoms with Gasteiger partial charge in [-0.3, -0.25) is 9.36 Å². The highest BCUT2D eigenvalue weighted by Gasteiger charge is 2.23. The molecule has 3 aromatic heterocycles. The van der Waals surface area contributed by atoms with Gasteiger partial charge < -0.3 is 5.11 Å². The van der Waals surface area contributed by atoms with Crippen LogP contribution < -0.4 is 5.56 Å². The average molecular weight is 481 g/mol. The van der Waals surface area contributed by atoms with Crippen LogP contribution in [0.3, 0.4) is 0 Å². The number of para-hydroxylation sites is 1. The summed E-state index contributed by atoms with van der Waals surface area (Å²) in [5, 5.41) is 22.3. The monoisotopic (exact) mass is 480 g/mol. The second kappa shape index (κ2) is 8.70. The van der Waals surface area contributed by atoms with Gasteiger partial charge in [0.1, 0.15) is 27.2 Å². The molecule has 0 saturated carbocycles. The van der Waals surface area contributed by atoms with E-state index in [9.17, 15) is 15.2 Å². The second-order valence-corrected chi connectivity index (χ2v) is 10.7. The summed E-state index contributed by atoms with van der Waals surface area (Å²) in [6.45, 7) is 2.60. The lowest BCUT2D eigenvalue weighted by Gasteiger charge is -2.11. The van der Waals surface area contributed by atoms with Gasteiger partial charge in [0.2, 0.25) is 0 Å². The molecule has 0 unspecified atom stereocenters. The Morgan fingerprint density at radius 1 is 1.28 bits per heavy atom. The molecule has 0 atom stereocenters. The third-order valence-electron chi connectivity index (χ3n) is 5.48. The van der Waals surface area contributed by atoms with Crippen molar-refractivity contribution in [3.63, 3.8) is 0 Å². The number of benzene rings is 1. The summed E-state index contributed by atoms with van der Waals surface area (Å²) in [7, 11) is 0. The van der Waals surface area contributed by atoms with Gasteiger partial charge in [-0.1, -0.05) is 30.8 Å². The standard InChI is InChI=1S/C23H20N4O2S3/c1-2-10-27-22(29)19-13-6-5-9-17(13)31-21(19)26-23(27)30-12-16(28)14(11-24)20-25-15-7-3-4-8-18(15)32-20/h3-4,7-8,28H,2,5-6,9-10,12H2,1H3/b16-14-. The third kappa shape index (κ3) is 3.62. The number of hydrogen-bond acceptors (Lipinski definition) is 8. The number of allylic oxidation sites excluding steroid dienone is 1.